The van der Waals surface area contributed by atoms with Gasteiger partial charge in [-0.15, -0.1) is 0 Å². The molecule has 0 radical (unpaired) electrons. The molecule has 134 valence electrons. The van der Waals surface area contributed by atoms with Crippen molar-refractivity contribution in [3.63, 3.8) is 0 Å². The Labute approximate surface area is 146 Å². The minimum Gasteiger partial charge on any atom is -0.495 e. The molecule has 2 atom stereocenters. The summed E-state index contributed by atoms with van der Waals surface area (Å²) < 4.78 is 24.5. The van der Waals surface area contributed by atoms with Crippen LogP contribution in [0.4, 0.5) is 4.39 Å². The van der Waals surface area contributed by atoms with Crippen LogP contribution >= 0.6 is 0 Å². The van der Waals surface area contributed by atoms with E-state index < -0.39 is 12.2 Å². The Hall–Kier alpha value is -2.17. The number of likely N-dealkylation sites (tertiary alicyclic amines) is 1. The van der Waals surface area contributed by atoms with Gasteiger partial charge in [0.15, 0.2) is 0 Å². The predicted molar refractivity (Wildman–Crippen MR) is 88.8 cm³/mol. The molecule has 0 spiro atoms. The number of rotatable bonds is 4. The lowest BCUT2D eigenvalue weighted by molar-refractivity contribution is -0.140. The van der Waals surface area contributed by atoms with Crippen LogP contribution in [0.2, 0.25) is 0 Å². The maximum Gasteiger partial charge on any atom is 0.240 e. The molecule has 2 heterocycles. The average molecular weight is 347 g/mol. The quantitative estimate of drug-likeness (QED) is 0.822. The minimum absolute atomic E-state index is 0.0240. The number of ether oxygens (including phenoxy) is 2. The first-order valence-electron chi connectivity index (χ1n) is 8.44. The van der Waals surface area contributed by atoms with Crippen LogP contribution in [0.15, 0.2) is 18.2 Å². The minimum atomic E-state index is -1.00. The van der Waals surface area contributed by atoms with Crippen LogP contribution in [0.25, 0.3) is 0 Å². The van der Waals surface area contributed by atoms with Gasteiger partial charge in [-0.05, 0) is 17.7 Å². The molecule has 6 nitrogen and oxygen atoms in total. The lowest BCUT2D eigenvalue weighted by Crippen LogP contribution is -2.49. The maximum absolute atomic E-state index is 14.0. The number of halogens is 1. The summed E-state index contributed by atoms with van der Waals surface area (Å²) in [5, 5.41) is 9.07. The van der Waals surface area contributed by atoms with E-state index in [-0.39, 0.29) is 18.9 Å². The van der Waals surface area contributed by atoms with Gasteiger partial charge in [-0.2, -0.15) is 5.26 Å². The molecule has 0 unspecified atom stereocenters. The average Bonchev–Trinajstić information content (AvgIpc) is 3.01. The van der Waals surface area contributed by atoms with E-state index in [0.29, 0.717) is 44.2 Å². The van der Waals surface area contributed by atoms with Crippen molar-refractivity contribution in [3.05, 3.63) is 29.3 Å². The van der Waals surface area contributed by atoms with E-state index in [4.69, 9.17) is 14.7 Å². The highest BCUT2D eigenvalue weighted by Crippen LogP contribution is 2.27. The van der Waals surface area contributed by atoms with E-state index in [2.05, 4.69) is 6.07 Å². The molecule has 2 saturated heterocycles. The summed E-state index contributed by atoms with van der Waals surface area (Å²) in [7, 11) is 1.51. The largest absolute Gasteiger partial charge is 0.495 e. The van der Waals surface area contributed by atoms with Gasteiger partial charge in [-0.3, -0.25) is 9.69 Å². The van der Waals surface area contributed by atoms with Gasteiger partial charge in [-0.25, -0.2) is 4.39 Å². The monoisotopic (exact) mass is 347 g/mol. The Bertz CT molecular complexity index is 670. The third kappa shape index (κ3) is 3.91. The van der Waals surface area contributed by atoms with E-state index in [0.717, 1.165) is 5.56 Å². The first kappa shape index (κ1) is 17.6. The lowest BCUT2D eigenvalue weighted by atomic mass is 10.1. The highest BCUT2D eigenvalue weighted by Gasteiger charge is 2.39. The number of amides is 1. The fourth-order valence-corrected chi connectivity index (χ4v) is 3.43. The van der Waals surface area contributed by atoms with Crippen LogP contribution in [0.1, 0.15) is 17.5 Å². The normalized spacial score (nSPS) is 24.1. The molecule has 0 aliphatic carbocycles. The number of alkyl halides is 1. The third-order valence-corrected chi connectivity index (χ3v) is 4.73. The molecule has 7 heteroatoms. The van der Waals surface area contributed by atoms with Gasteiger partial charge >= 0.3 is 0 Å². The van der Waals surface area contributed by atoms with Crippen LogP contribution in [0.5, 0.6) is 5.75 Å². The Morgan fingerprint density at radius 3 is 2.88 bits per heavy atom. The number of benzene rings is 1. The maximum atomic E-state index is 14.0. The Kier molecular flexibility index (Phi) is 5.51. The van der Waals surface area contributed by atoms with Crippen LogP contribution < -0.4 is 4.74 Å². The van der Waals surface area contributed by atoms with Crippen LogP contribution in [0.3, 0.4) is 0 Å². The molecule has 0 bridgehead atoms. The number of methoxy groups -OCH3 is 1. The number of nitriles is 1. The fourth-order valence-electron chi connectivity index (χ4n) is 3.43. The van der Waals surface area contributed by atoms with E-state index in [1.165, 1.54) is 7.11 Å². The van der Waals surface area contributed by atoms with Gasteiger partial charge < -0.3 is 14.4 Å². The molecular formula is C18H22FN3O3. The molecule has 2 aliphatic rings. The number of carbonyl (C=O) groups excluding carboxylic acids is 1. The van der Waals surface area contributed by atoms with Crippen molar-refractivity contribution in [1.82, 2.24) is 9.80 Å². The van der Waals surface area contributed by atoms with Gasteiger partial charge in [0.25, 0.3) is 0 Å². The smallest absolute Gasteiger partial charge is 0.240 e. The Morgan fingerprint density at radius 1 is 1.44 bits per heavy atom. The topological polar surface area (TPSA) is 65.8 Å². The second kappa shape index (κ2) is 7.81. The first-order chi connectivity index (χ1) is 12.1. The van der Waals surface area contributed by atoms with Gasteiger partial charge in [0, 0.05) is 32.6 Å². The zero-order chi connectivity index (χ0) is 17.8. The zero-order valence-corrected chi connectivity index (χ0v) is 14.3. The summed E-state index contributed by atoms with van der Waals surface area (Å²) in [6, 6.07) is 6.91. The number of carbonyl (C=O) groups is 1. The van der Waals surface area contributed by atoms with E-state index in [1.54, 1.807) is 17.0 Å². The second-order valence-corrected chi connectivity index (χ2v) is 6.36. The number of hydrogen-bond acceptors (Lipinski definition) is 5. The molecule has 2 aliphatic heterocycles. The number of nitrogens with zero attached hydrogens (tertiary/aromatic N) is 3. The van der Waals surface area contributed by atoms with Crippen LogP contribution in [-0.2, 0) is 16.1 Å². The standard InChI is InChI=1S/C18H22FN3O3/c1-24-17-8-13(2-3-14(17)10-20)11-22-12-15(19)9-16(22)18(23)21-4-6-25-7-5-21/h2-3,8,15-16H,4-7,9,11-12H2,1H3/t15-,16+/m1/s1. The van der Waals surface area contributed by atoms with Crippen molar-refractivity contribution in [3.8, 4) is 11.8 Å². The van der Waals surface area contributed by atoms with Crippen molar-refractivity contribution in [1.29, 1.82) is 5.26 Å². The first-order valence-corrected chi connectivity index (χ1v) is 8.44. The fraction of sp³-hybridized carbons (Fsp3) is 0.556. The highest BCUT2D eigenvalue weighted by atomic mass is 19.1. The van der Waals surface area contributed by atoms with E-state index in [1.807, 2.05) is 11.0 Å². The summed E-state index contributed by atoms with van der Waals surface area (Å²) in [6.07, 6.45) is -0.779. The van der Waals surface area contributed by atoms with Crippen molar-refractivity contribution < 1.29 is 18.7 Å². The lowest BCUT2D eigenvalue weighted by Gasteiger charge is -2.32. The van der Waals surface area contributed by atoms with Gasteiger partial charge in [0.1, 0.15) is 18.0 Å². The summed E-state index contributed by atoms with van der Waals surface area (Å²) in [5.41, 5.74) is 1.35. The van der Waals surface area contributed by atoms with Gasteiger partial charge in [0.2, 0.25) is 5.91 Å². The third-order valence-electron chi connectivity index (χ3n) is 4.73. The molecule has 25 heavy (non-hydrogen) atoms. The van der Waals surface area contributed by atoms with Gasteiger partial charge in [-0.1, -0.05) is 6.07 Å². The number of hydrogen-bond donors (Lipinski definition) is 0. The van der Waals surface area contributed by atoms with Crippen molar-refractivity contribution in [2.45, 2.75) is 25.2 Å². The highest BCUT2D eigenvalue weighted by molar-refractivity contribution is 5.82. The van der Waals surface area contributed by atoms with Crippen LogP contribution in [-0.4, -0.2) is 67.9 Å². The molecule has 1 aromatic rings. The van der Waals surface area contributed by atoms with Crippen molar-refractivity contribution in [2.75, 3.05) is 40.0 Å². The summed E-state index contributed by atoms with van der Waals surface area (Å²) in [5.74, 6) is 0.469. The molecule has 0 N–H and O–H groups in total. The zero-order valence-electron chi connectivity index (χ0n) is 14.3. The summed E-state index contributed by atoms with van der Waals surface area (Å²) >= 11 is 0. The molecule has 1 aromatic carbocycles. The Balaban J connectivity index is 1.73. The predicted octanol–water partition coefficient (Wildman–Crippen LogP) is 1.34. The number of morpholine rings is 1. The molecule has 2 fully saturated rings. The van der Waals surface area contributed by atoms with Crippen LogP contribution in [0, 0.1) is 11.3 Å². The van der Waals surface area contributed by atoms with Crippen molar-refractivity contribution >= 4 is 5.91 Å². The SMILES string of the molecule is COc1cc(CN2C[C@H](F)C[C@H]2C(=O)N2CCOCC2)ccc1C#N. The molecule has 0 saturated carbocycles. The molecular weight excluding hydrogens is 325 g/mol. The van der Waals surface area contributed by atoms with Crippen molar-refractivity contribution in [2.24, 2.45) is 0 Å². The molecule has 3 rings (SSSR count). The summed E-state index contributed by atoms with van der Waals surface area (Å²) in [4.78, 5) is 16.4. The van der Waals surface area contributed by atoms with E-state index in [9.17, 15) is 9.18 Å². The molecule has 0 aromatic heterocycles. The Morgan fingerprint density at radius 2 is 2.20 bits per heavy atom. The summed E-state index contributed by atoms with van der Waals surface area (Å²) in [6.45, 7) is 2.87. The van der Waals surface area contributed by atoms with Gasteiger partial charge in [0.05, 0.1) is 31.9 Å². The van der Waals surface area contributed by atoms with E-state index >= 15 is 0 Å². The molecule has 1 amide bonds. The second-order valence-electron chi connectivity index (χ2n) is 6.36.